The molecule has 2 atom stereocenters. The Kier molecular flexibility index (Phi) is 4.86. The maximum Gasteiger partial charge on any atom is 0.284 e. The molecule has 0 unspecified atom stereocenters. The molecule has 0 saturated carbocycles. The van der Waals surface area contributed by atoms with Gasteiger partial charge in [-0.1, -0.05) is 16.8 Å². The van der Waals surface area contributed by atoms with Crippen LogP contribution in [0.25, 0.3) is 16.9 Å². The van der Waals surface area contributed by atoms with Crippen molar-refractivity contribution in [1.29, 1.82) is 0 Å². The van der Waals surface area contributed by atoms with Crippen LogP contribution in [0, 0.1) is 0 Å². The van der Waals surface area contributed by atoms with Crippen molar-refractivity contribution in [3.63, 3.8) is 0 Å². The van der Waals surface area contributed by atoms with E-state index in [0.717, 1.165) is 0 Å². The second-order valence-electron chi connectivity index (χ2n) is 6.88. The molecule has 1 aliphatic rings. The second-order valence-corrected chi connectivity index (χ2v) is 7.32. The van der Waals surface area contributed by atoms with E-state index >= 15 is 0 Å². The number of carbonyl (C=O) groups is 1. The quantitative estimate of drug-likeness (QED) is 0.654. The van der Waals surface area contributed by atoms with E-state index in [1.807, 2.05) is 13.8 Å². The number of halogens is 1. The van der Waals surface area contributed by atoms with Gasteiger partial charge in [-0.05, 0) is 38.1 Å². The van der Waals surface area contributed by atoms with Gasteiger partial charge in [0.05, 0.1) is 17.9 Å². The van der Waals surface area contributed by atoms with Gasteiger partial charge in [0.1, 0.15) is 12.9 Å². The van der Waals surface area contributed by atoms with Gasteiger partial charge in [-0.25, -0.2) is 4.98 Å². The molecular weight excluding hydrogens is 384 g/mol. The van der Waals surface area contributed by atoms with E-state index < -0.39 is 5.56 Å². The number of nitrogens with zero attached hydrogens (tertiary/aromatic N) is 6. The fraction of sp³-hybridized carbons (Fsp3) is 0.389. The number of ether oxygens (including phenoxy) is 1. The first-order chi connectivity index (χ1) is 13.4. The minimum atomic E-state index is -0.409. The molecular formula is C18H19ClN6O3. The molecule has 1 aromatic carbocycles. The first kappa shape index (κ1) is 18.6. The topological polar surface area (TPSA) is 95.1 Å². The summed E-state index contributed by atoms with van der Waals surface area (Å²) >= 11 is 5.91. The molecule has 0 radical (unpaired) electrons. The number of fused-ring (bicyclic) bond motifs is 1. The number of carbonyl (C=O) groups excluding carboxylic acids is 1. The first-order valence-corrected chi connectivity index (χ1v) is 9.30. The van der Waals surface area contributed by atoms with Crippen LogP contribution in [0.4, 0.5) is 0 Å². The van der Waals surface area contributed by atoms with E-state index in [1.165, 1.54) is 15.6 Å². The summed E-state index contributed by atoms with van der Waals surface area (Å²) in [6, 6.07) is 6.95. The van der Waals surface area contributed by atoms with Gasteiger partial charge in [0.25, 0.3) is 5.56 Å². The molecule has 0 spiro atoms. The third-order valence-corrected chi connectivity index (χ3v) is 4.83. The van der Waals surface area contributed by atoms with Crippen molar-refractivity contribution in [3.05, 3.63) is 46.0 Å². The highest BCUT2D eigenvalue weighted by Gasteiger charge is 2.26. The summed E-state index contributed by atoms with van der Waals surface area (Å²) in [6.45, 7) is 4.74. The molecule has 3 heterocycles. The molecule has 1 aliphatic heterocycles. The van der Waals surface area contributed by atoms with Crippen LogP contribution in [-0.2, 0) is 16.1 Å². The largest absolute Gasteiger partial charge is 0.372 e. The zero-order valence-corrected chi connectivity index (χ0v) is 16.2. The number of amides is 1. The zero-order valence-electron chi connectivity index (χ0n) is 15.4. The van der Waals surface area contributed by atoms with Crippen LogP contribution in [0.15, 0.2) is 35.4 Å². The summed E-state index contributed by atoms with van der Waals surface area (Å²) in [4.78, 5) is 31.4. The summed E-state index contributed by atoms with van der Waals surface area (Å²) in [5, 5.41) is 8.57. The van der Waals surface area contributed by atoms with Crippen LogP contribution in [0.5, 0.6) is 0 Å². The van der Waals surface area contributed by atoms with Gasteiger partial charge in [0.2, 0.25) is 5.91 Å². The molecule has 10 heteroatoms. The highest BCUT2D eigenvalue weighted by Crippen LogP contribution is 2.15. The van der Waals surface area contributed by atoms with Crippen molar-refractivity contribution in [3.8, 4) is 5.69 Å². The van der Waals surface area contributed by atoms with Crippen molar-refractivity contribution in [2.45, 2.75) is 32.6 Å². The fourth-order valence-corrected chi connectivity index (χ4v) is 3.47. The van der Waals surface area contributed by atoms with Gasteiger partial charge >= 0.3 is 0 Å². The van der Waals surface area contributed by atoms with Crippen LogP contribution >= 0.6 is 11.6 Å². The number of aromatic nitrogens is 5. The predicted molar refractivity (Wildman–Crippen MR) is 103 cm³/mol. The van der Waals surface area contributed by atoms with E-state index in [9.17, 15) is 9.59 Å². The highest BCUT2D eigenvalue weighted by atomic mass is 35.5. The van der Waals surface area contributed by atoms with Gasteiger partial charge < -0.3 is 9.64 Å². The minimum Gasteiger partial charge on any atom is -0.372 e. The van der Waals surface area contributed by atoms with E-state index in [-0.39, 0.29) is 30.2 Å². The van der Waals surface area contributed by atoms with E-state index in [2.05, 4.69) is 15.3 Å². The molecule has 4 rings (SSSR count). The number of benzene rings is 1. The van der Waals surface area contributed by atoms with Crippen molar-refractivity contribution in [2.75, 3.05) is 13.1 Å². The lowest BCUT2D eigenvalue weighted by Crippen LogP contribution is -2.49. The van der Waals surface area contributed by atoms with Crippen LogP contribution in [0.3, 0.4) is 0 Å². The molecule has 0 aliphatic carbocycles. The number of morpholine rings is 1. The molecule has 1 fully saturated rings. The third-order valence-electron chi connectivity index (χ3n) is 4.58. The Balaban J connectivity index is 1.61. The van der Waals surface area contributed by atoms with E-state index in [1.54, 1.807) is 29.2 Å². The molecule has 146 valence electrons. The summed E-state index contributed by atoms with van der Waals surface area (Å²) in [5.41, 5.74) is 0.704. The van der Waals surface area contributed by atoms with E-state index in [4.69, 9.17) is 16.3 Å². The van der Waals surface area contributed by atoms with Gasteiger partial charge in [0, 0.05) is 18.1 Å². The average Bonchev–Trinajstić information content (AvgIpc) is 3.08. The summed E-state index contributed by atoms with van der Waals surface area (Å²) in [5.74, 6) is -0.157. The summed E-state index contributed by atoms with van der Waals surface area (Å²) < 4.78 is 8.37. The van der Waals surface area contributed by atoms with Crippen molar-refractivity contribution in [1.82, 2.24) is 29.4 Å². The van der Waals surface area contributed by atoms with Crippen LogP contribution in [-0.4, -0.2) is 60.6 Å². The third kappa shape index (κ3) is 3.50. The molecule has 2 aromatic heterocycles. The molecule has 9 nitrogen and oxygen atoms in total. The first-order valence-electron chi connectivity index (χ1n) is 8.92. The molecule has 0 bridgehead atoms. The van der Waals surface area contributed by atoms with Crippen LogP contribution < -0.4 is 5.56 Å². The SMILES string of the molecule is C[C@H]1CN(C(=O)Cn2cnc3c(nnn3-c3ccc(Cl)cc3)c2=O)C[C@H](C)O1. The van der Waals surface area contributed by atoms with Gasteiger partial charge in [-0.3, -0.25) is 14.2 Å². The van der Waals surface area contributed by atoms with E-state index in [0.29, 0.717) is 29.4 Å². The molecule has 0 N–H and O–H groups in total. The van der Waals surface area contributed by atoms with Gasteiger partial charge in [-0.2, -0.15) is 4.68 Å². The van der Waals surface area contributed by atoms with Gasteiger partial charge in [0.15, 0.2) is 11.2 Å². The van der Waals surface area contributed by atoms with Crippen molar-refractivity contribution in [2.24, 2.45) is 0 Å². The highest BCUT2D eigenvalue weighted by molar-refractivity contribution is 6.30. The Morgan fingerprint density at radius 3 is 2.57 bits per heavy atom. The Morgan fingerprint density at radius 2 is 1.89 bits per heavy atom. The minimum absolute atomic E-state index is 0.0377. The zero-order chi connectivity index (χ0) is 19.8. The van der Waals surface area contributed by atoms with Crippen molar-refractivity contribution >= 4 is 28.7 Å². The Morgan fingerprint density at radius 1 is 1.21 bits per heavy atom. The molecule has 28 heavy (non-hydrogen) atoms. The van der Waals surface area contributed by atoms with Crippen LogP contribution in [0.2, 0.25) is 5.02 Å². The normalized spacial score (nSPS) is 19.9. The number of hydrogen-bond donors (Lipinski definition) is 0. The fourth-order valence-electron chi connectivity index (χ4n) is 3.34. The standard InChI is InChI=1S/C18H19ClN6O3/c1-11-7-23(8-12(2)28-11)15(26)9-24-10-20-17-16(18(24)27)21-22-25(17)14-5-3-13(19)4-6-14/h3-6,10-12H,7-9H2,1-2H3/t11-,12-/m0/s1. The average molecular weight is 403 g/mol. The monoisotopic (exact) mass is 402 g/mol. The molecule has 3 aromatic rings. The maximum atomic E-state index is 12.8. The smallest absolute Gasteiger partial charge is 0.284 e. The Hall–Kier alpha value is -2.78. The Bertz CT molecular complexity index is 1070. The molecule has 1 amide bonds. The van der Waals surface area contributed by atoms with Crippen LogP contribution in [0.1, 0.15) is 13.8 Å². The Labute approximate surface area is 165 Å². The summed E-state index contributed by atoms with van der Waals surface area (Å²) in [6.07, 6.45) is 1.28. The predicted octanol–water partition coefficient (Wildman–Crippen LogP) is 1.27. The lowest BCUT2D eigenvalue weighted by atomic mass is 10.2. The molecule has 1 saturated heterocycles. The second kappa shape index (κ2) is 7.33. The summed E-state index contributed by atoms with van der Waals surface area (Å²) in [7, 11) is 0. The number of hydrogen-bond acceptors (Lipinski definition) is 6. The maximum absolute atomic E-state index is 12.8. The lowest BCUT2D eigenvalue weighted by molar-refractivity contribution is -0.143. The number of rotatable bonds is 3. The van der Waals surface area contributed by atoms with Crippen molar-refractivity contribution < 1.29 is 9.53 Å². The lowest BCUT2D eigenvalue weighted by Gasteiger charge is -2.35. The van der Waals surface area contributed by atoms with Gasteiger partial charge in [-0.15, -0.1) is 5.10 Å².